The average Bonchev–Trinajstić information content (AvgIpc) is 3.35. The van der Waals surface area contributed by atoms with Crippen molar-refractivity contribution in [3.05, 3.63) is 132 Å². The van der Waals surface area contributed by atoms with E-state index in [1.54, 1.807) is 11.3 Å². The molecule has 2 nitrogen and oxygen atoms in total. The zero-order chi connectivity index (χ0) is 25.9. The summed E-state index contributed by atoms with van der Waals surface area (Å²) in [6.07, 6.45) is 6.11. The van der Waals surface area contributed by atoms with Crippen molar-refractivity contribution in [3.8, 4) is 44.9 Å². The third-order valence-corrected chi connectivity index (χ3v) is 7.75. The van der Waals surface area contributed by atoms with Gasteiger partial charge in [-0.3, -0.25) is 0 Å². The van der Waals surface area contributed by atoms with E-state index in [0.29, 0.717) is 0 Å². The molecular formula is C35H26N2S. The van der Waals surface area contributed by atoms with Crippen LogP contribution in [0.5, 0.6) is 0 Å². The highest BCUT2D eigenvalue weighted by atomic mass is 32.1. The van der Waals surface area contributed by atoms with Crippen molar-refractivity contribution in [2.75, 3.05) is 0 Å². The molecule has 0 radical (unpaired) electrons. The molecule has 0 bridgehead atoms. The minimum absolute atomic E-state index is 0.725. The number of aromatic nitrogens is 2. The SMILES string of the molecule is C=Cc1sc2nc(-c3ccc(-c4ccccc4)cc3)nc(-c3ccc(-c4ccccc4)cc3)c2c1/C=C\C. The van der Waals surface area contributed by atoms with Crippen LogP contribution in [0, 0.1) is 0 Å². The Labute approximate surface area is 227 Å². The van der Waals surface area contributed by atoms with Crippen molar-refractivity contribution < 1.29 is 0 Å². The highest BCUT2D eigenvalue weighted by molar-refractivity contribution is 7.19. The maximum absolute atomic E-state index is 5.16. The first kappa shape index (κ1) is 23.8. The fourth-order valence-corrected chi connectivity index (χ4v) is 5.77. The summed E-state index contributed by atoms with van der Waals surface area (Å²) in [6, 6.07) is 38.0. The Bertz CT molecular complexity index is 1750. The van der Waals surface area contributed by atoms with Gasteiger partial charge >= 0.3 is 0 Å². The van der Waals surface area contributed by atoms with Gasteiger partial charge in [0.25, 0.3) is 0 Å². The standard InChI is InChI=1S/C35H26N2S/c1-3-11-30-31(4-2)38-35-32(30)33(28-20-16-26(17-21-28)24-12-7-5-8-13-24)36-34(37-35)29-22-18-27(19-23-29)25-14-9-6-10-15-25/h3-23H,2H2,1H3/b11-3-. The smallest absolute Gasteiger partial charge is 0.161 e. The molecule has 0 N–H and O–H groups in total. The Hall–Kier alpha value is -4.60. The molecule has 3 heteroatoms. The molecule has 0 unspecified atom stereocenters. The number of benzene rings is 4. The van der Waals surface area contributed by atoms with Crippen LogP contribution in [-0.2, 0) is 0 Å². The molecule has 2 aromatic heterocycles. The van der Waals surface area contributed by atoms with Crippen LogP contribution in [0.3, 0.4) is 0 Å². The van der Waals surface area contributed by atoms with Gasteiger partial charge in [-0.2, -0.15) is 0 Å². The number of hydrogen-bond donors (Lipinski definition) is 0. The van der Waals surface area contributed by atoms with Gasteiger partial charge in [0.15, 0.2) is 5.82 Å². The van der Waals surface area contributed by atoms with E-state index in [0.717, 1.165) is 43.3 Å². The summed E-state index contributed by atoms with van der Waals surface area (Å²) in [6.45, 7) is 6.10. The summed E-state index contributed by atoms with van der Waals surface area (Å²) in [4.78, 5) is 12.3. The molecule has 6 aromatic rings. The first-order valence-electron chi connectivity index (χ1n) is 12.7. The lowest BCUT2D eigenvalue weighted by Gasteiger charge is -2.10. The van der Waals surface area contributed by atoms with Gasteiger partial charge in [-0.15, -0.1) is 11.3 Å². The second kappa shape index (κ2) is 10.4. The van der Waals surface area contributed by atoms with Crippen LogP contribution in [0.25, 0.3) is 67.3 Å². The molecule has 0 fully saturated rings. The maximum Gasteiger partial charge on any atom is 0.161 e. The molecule has 38 heavy (non-hydrogen) atoms. The number of rotatable bonds is 6. The number of thiophene rings is 1. The van der Waals surface area contributed by atoms with E-state index >= 15 is 0 Å². The van der Waals surface area contributed by atoms with Crippen molar-refractivity contribution in [1.29, 1.82) is 0 Å². The highest BCUT2D eigenvalue weighted by Crippen LogP contribution is 2.39. The monoisotopic (exact) mass is 506 g/mol. The van der Waals surface area contributed by atoms with Crippen LogP contribution in [-0.4, -0.2) is 9.97 Å². The van der Waals surface area contributed by atoms with E-state index in [4.69, 9.17) is 9.97 Å². The number of allylic oxidation sites excluding steroid dienone is 1. The Morgan fingerprint density at radius 3 is 1.63 bits per heavy atom. The fourth-order valence-electron chi connectivity index (χ4n) is 4.75. The van der Waals surface area contributed by atoms with Crippen LogP contribution in [0.15, 0.2) is 122 Å². The van der Waals surface area contributed by atoms with E-state index in [2.05, 4.69) is 116 Å². The topological polar surface area (TPSA) is 25.8 Å². The molecule has 182 valence electrons. The lowest BCUT2D eigenvalue weighted by molar-refractivity contribution is 1.24. The van der Waals surface area contributed by atoms with E-state index in [-0.39, 0.29) is 0 Å². The van der Waals surface area contributed by atoms with Gasteiger partial charge in [-0.25, -0.2) is 9.97 Å². The molecule has 0 saturated carbocycles. The summed E-state index contributed by atoms with van der Waals surface area (Å²) < 4.78 is 0. The predicted molar refractivity (Wildman–Crippen MR) is 164 cm³/mol. The summed E-state index contributed by atoms with van der Waals surface area (Å²) in [5.74, 6) is 0.725. The van der Waals surface area contributed by atoms with Crippen molar-refractivity contribution in [3.63, 3.8) is 0 Å². The molecular weight excluding hydrogens is 480 g/mol. The van der Waals surface area contributed by atoms with Crippen LogP contribution in [0.4, 0.5) is 0 Å². The van der Waals surface area contributed by atoms with Crippen LogP contribution >= 0.6 is 11.3 Å². The van der Waals surface area contributed by atoms with Crippen molar-refractivity contribution in [1.82, 2.24) is 9.97 Å². The third-order valence-electron chi connectivity index (χ3n) is 6.65. The van der Waals surface area contributed by atoms with Crippen LogP contribution < -0.4 is 0 Å². The molecule has 0 aliphatic heterocycles. The van der Waals surface area contributed by atoms with Crippen molar-refractivity contribution in [2.45, 2.75) is 6.92 Å². The number of nitrogens with zero attached hydrogens (tertiary/aromatic N) is 2. The van der Waals surface area contributed by atoms with E-state index < -0.39 is 0 Å². The summed E-state index contributed by atoms with van der Waals surface area (Å²) in [5, 5.41) is 1.07. The summed E-state index contributed by atoms with van der Waals surface area (Å²) in [5.41, 5.74) is 8.87. The van der Waals surface area contributed by atoms with Crippen molar-refractivity contribution in [2.24, 2.45) is 0 Å². The second-order valence-corrected chi connectivity index (χ2v) is 10.1. The van der Waals surface area contributed by atoms with Gasteiger partial charge < -0.3 is 0 Å². The maximum atomic E-state index is 5.16. The molecule has 0 aliphatic rings. The Morgan fingerprint density at radius 1 is 0.605 bits per heavy atom. The zero-order valence-electron chi connectivity index (χ0n) is 21.1. The quantitative estimate of drug-likeness (QED) is 0.225. The Kier molecular flexibility index (Phi) is 6.51. The first-order valence-corrected chi connectivity index (χ1v) is 13.5. The second-order valence-electron chi connectivity index (χ2n) is 9.05. The molecule has 0 aliphatic carbocycles. The molecule has 6 rings (SSSR count). The minimum Gasteiger partial charge on any atom is -0.227 e. The predicted octanol–water partition coefficient (Wildman–Crippen LogP) is 10.0. The van der Waals surface area contributed by atoms with Crippen LogP contribution in [0.1, 0.15) is 17.4 Å². The summed E-state index contributed by atoms with van der Waals surface area (Å²) in [7, 11) is 0. The normalized spacial score (nSPS) is 11.3. The van der Waals surface area contributed by atoms with Gasteiger partial charge in [-0.05, 0) is 29.2 Å². The van der Waals surface area contributed by atoms with Crippen LogP contribution in [0.2, 0.25) is 0 Å². The fraction of sp³-hybridized carbons (Fsp3) is 0.0286. The molecule has 4 aromatic carbocycles. The summed E-state index contributed by atoms with van der Waals surface area (Å²) >= 11 is 1.66. The van der Waals surface area contributed by atoms with Gasteiger partial charge in [0.2, 0.25) is 0 Å². The molecule has 0 saturated heterocycles. The van der Waals surface area contributed by atoms with E-state index in [9.17, 15) is 0 Å². The van der Waals surface area contributed by atoms with Gasteiger partial charge in [0, 0.05) is 27.0 Å². The van der Waals surface area contributed by atoms with Gasteiger partial charge in [0.1, 0.15) is 4.83 Å². The number of hydrogen-bond acceptors (Lipinski definition) is 3. The third kappa shape index (κ3) is 4.49. The van der Waals surface area contributed by atoms with Crippen molar-refractivity contribution >= 4 is 33.7 Å². The molecule has 0 atom stereocenters. The molecule has 2 heterocycles. The van der Waals surface area contributed by atoms with Gasteiger partial charge in [-0.1, -0.05) is 134 Å². The average molecular weight is 507 g/mol. The van der Waals surface area contributed by atoms with Gasteiger partial charge in [0.05, 0.1) is 5.69 Å². The van der Waals surface area contributed by atoms with E-state index in [1.165, 1.54) is 22.3 Å². The number of fused-ring (bicyclic) bond motifs is 1. The van der Waals surface area contributed by atoms with E-state index in [1.807, 2.05) is 25.1 Å². The highest BCUT2D eigenvalue weighted by Gasteiger charge is 2.18. The Morgan fingerprint density at radius 2 is 1.11 bits per heavy atom. The minimum atomic E-state index is 0.725. The largest absolute Gasteiger partial charge is 0.227 e. The Balaban J connectivity index is 1.50. The lowest BCUT2D eigenvalue weighted by atomic mass is 10.00. The first-order chi connectivity index (χ1) is 18.7. The lowest BCUT2D eigenvalue weighted by Crippen LogP contribution is -1.94. The molecule has 0 amide bonds. The molecule has 0 spiro atoms. The zero-order valence-corrected chi connectivity index (χ0v) is 22.0.